The quantitative estimate of drug-likeness (QED) is 0.846. The van der Waals surface area contributed by atoms with Crippen LogP contribution in [0.4, 0.5) is 0 Å². The highest BCUT2D eigenvalue weighted by atomic mass is 79.9. The number of hydrogen-bond donors (Lipinski definition) is 2. The highest BCUT2D eigenvalue weighted by molar-refractivity contribution is 9.10. The maximum Gasteiger partial charge on any atom is 0.344 e. The molecule has 0 fully saturated rings. The van der Waals surface area contributed by atoms with E-state index < -0.39 is 12.1 Å². The molecule has 0 spiro atoms. The summed E-state index contributed by atoms with van der Waals surface area (Å²) < 4.78 is 6.42. The third-order valence-electron chi connectivity index (χ3n) is 2.56. The third kappa shape index (κ3) is 3.99. The molecule has 18 heavy (non-hydrogen) atoms. The molecule has 2 unspecified atom stereocenters. The molecule has 0 saturated carbocycles. The second kappa shape index (κ2) is 6.75. The number of carbonyl (C=O) groups is 1. The molecule has 0 amide bonds. The summed E-state index contributed by atoms with van der Waals surface area (Å²) in [7, 11) is 0. The molecule has 3 N–H and O–H groups in total. The van der Waals surface area contributed by atoms with Crippen LogP contribution in [0.1, 0.15) is 38.3 Å². The molecular weight excluding hydrogens is 298 g/mol. The van der Waals surface area contributed by atoms with Gasteiger partial charge in [0.1, 0.15) is 5.75 Å². The number of ether oxygens (including phenoxy) is 1. The number of carboxylic acid groups (broad SMARTS) is 1. The molecule has 0 aromatic heterocycles. The van der Waals surface area contributed by atoms with Crippen molar-refractivity contribution in [2.45, 2.75) is 38.8 Å². The lowest BCUT2D eigenvalue weighted by molar-refractivity contribution is -0.145. The van der Waals surface area contributed by atoms with Gasteiger partial charge >= 0.3 is 5.97 Å². The molecule has 4 nitrogen and oxygen atoms in total. The van der Waals surface area contributed by atoms with E-state index in [1.165, 1.54) is 0 Å². The van der Waals surface area contributed by atoms with Crippen LogP contribution >= 0.6 is 15.9 Å². The van der Waals surface area contributed by atoms with Crippen molar-refractivity contribution in [3.8, 4) is 5.75 Å². The Kier molecular flexibility index (Phi) is 5.62. The molecule has 0 heterocycles. The van der Waals surface area contributed by atoms with Crippen molar-refractivity contribution in [3.63, 3.8) is 0 Å². The number of benzene rings is 1. The number of nitrogens with two attached hydrogens (primary N) is 1. The summed E-state index contributed by atoms with van der Waals surface area (Å²) in [6.07, 6.45) is 0.389. The fourth-order valence-corrected chi connectivity index (χ4v) is 1.97. The zero-order chi connectivity index (χ0) is 13.7. The van der Waals surface area contributed by atoms with Gasteiger partial charge in [0.15, 0.2) is 6.10 Å². The van der Waals surface area contributed by atoms with Crippen molar-refractivity contribution in [1.29, 1.82) is 0 Å². The lowest BCUT2D eigenvalue weighted by atomic mass is 10.1. The lowest BCUT2D eigenvalue weighted by Gasteiger charge is -2.19. The van der Waals surface area contributed by atoms with Crippen molar-refractivity contribution < 1.29 is 14.6 Å². The Labute approximate surface area is 115 Å². The van der Waals surface area contributed by atoms with Crippen molar-refractivity contribution in [3.05, 3.63) is 28.2 Å². The molecule has 1 rings (SSSR count). The first-order valence-electron chi connectivity index (χ1n) is 5.90. The van der Waals surface area contributed by atoms with Crippen LogP contribution in [0.5, 0.6) is 5.75 Å². The van der Waals surface area contributed by atoms with Crippen LogP contribution in [0.2, 0.25) is 0 Å². The fraction of sp³-hybridized carbons (Fsp3) is 0.462. The second-order valence-corrected chi connectivity index (χ2v) is 5.12. The Balaban J connectivity index is 3.00. The van der Waals surface area contributed by atoms with Crippen molar-refractivity contribution in [2.24, 2.45) is 5.73 Å². The highest BCUT2D eigenvalue weighted by Gasteiger charge is 2.20. The van der Waals surface area contributed by atoms with Crippen LogP contribution in [0, 0.1) is 0 Å². The summed E-state index contributed by atoms with van der Waals surface area (Å²) in [5, 5.41) is 9.10. The molecule has 100 valence electrons. The lowest BCUT2D eigenvalue weighted by Crippen LogP contribution is -2.27. The first kappa shape index (κ1) is 15.0. The number of carboxylic acids is 1. The zero-order valence-electron chi connectivity index (χ0n) is 10.5. The minimum absolute atomic E-state index is 0.204. The smallest absolute Gasteiger partial charge is 0.344 e. The third-order valence-corrected chi connectivity index (χ3v) is 3.05. The predicted molar refractivity (Wildman–Crippen MR) is 73.7 cm³/mol. The van der Waals surface area contributed by atoms with Crippen molar-refractivity contribution in [2.75, 3.05) is 0 Å². The van der Waals surface area contributed by atoms with Gasteiger partial charge in [0, 0.05) is 16.1 Å². The zero-order valence-corrected chi connectivity index (χ0v) is 12.1. The fourth-order valence-electron chi connectivity index (χ4n) is 1.63. The van der Waals surface area contributed by atoms with Gasteiger partial charge < -0.3 is 15.6 Å². The molecule has 0 aliphatic carbocycles. The summed E-state index contributed by atoms with van der Waals surface area (Å²) in [6, 6.07) is 5.25. The van der Waals surface area contributed by atoms with Gasteiger partial charge in [0.25, 0.3) is 0 Å². The van der Waals surface area contributed by atoms with Gasteiger partial charge in [-0.3, -0.25) is 0 Å². The van der Waals surface area contributed by atoms with E-state index in [9.17, 15) is 4.79 Å². The molecule has 2 atom stereocenters. The van der Waals surface area contributed by atoms with Gasteiger partial charge in [-0.05, 0) is 25.5 Å². The summed E-state index contributed by atoms with van der Waals surface area (Å²) in [5.41, 5.74) is 6.65. The largest absolute Gasteiger partial charge is 0.479 e. The molecule has 0 aliphatic heterocycles. The molecular formula is C13H18BrNO3. The Bertz CT molecular complexity index is 421. The van der Waals surface area contributed by atoms with E-state index in [0.717, 1.165) is 16.5 Å². The van der Waals surface area contributed by atoms with Crippen LogP contribution < -0.4 is 10.5 Å². The van der Waals surface area contributed by atoms with Crippen molar-refractivity contribution in [1.82, 2.24) is 0 Å². The average Bonchev–Trinajstić information content (AvgIpc) is 2.28. The van der Waals surface area contributed by atoms with Crippen LogP contribution in [0.25, 0.3) is 0 Å². The summed E-state index contributed by atoms with van der Waals surface area (Å²) in [4.78, 5) is 11.1. The number of aliphatic carboxylic acids is 1. The van der Waals surface area contributed by atoms with E-state index >= 15 is 0 Å². The SMILES string of the molecule is CCCC(Oc1cc(Br)ccc1C(C)N)C(=O)O. The van der Waals surface area contributed by atoms with E-state index in [2.05, 4.69) is 15.9 Å². The highest BCUT2D eigenvalue weighted by Crippen LogP contribution is 2.29. The van der Waals surface area contributed by atoms with Gasteiger partial charge in [-0.2, -0.15) is 0 Å². The standard InChI is InChI=1S/C13H18BrNO3/c1-3-4-11(13(16)17)18-12-7-9(14)5-6-10(12)8(2)15/h5-8,11H,3-4,15H2,1-2H3,(H,16,17). The summed E-state index contributed by atoms with van der Waals surface area (Å²) in [6.45, 7) is 3.76. The molecule has 0 aliphatic rings. The molecule has 5 heteroatoms. The van der Waals surface area contributed by atoms with E-state index in [0.29, 0.717) is 12.2 Å². The number of halogens is 1. The summed E-state index contributed by atoms with van der Waals surface area (Å²) in [5.74, 6) is -0.423. The normalized spacial score (nSPS) is 14.0. The monoisotopic (exact) mass is 315 g/mol. The van der Waals surface area contributed by atoms with Crippen LogP contribution in [-0.2, 0) is 4.79 Å². The molecule has 1 aromatic carbocycles. The first-order chi connectivity index (χ1) is 8.45. The summed E-state index contributed by atoms with van der Waals surface area (Å²) >= 11 is 3.34. The maximum atomic E-state index is 11.1. The number of rotatable bonds is 6. The topological polar surface area (TPSA) is 72.5 Å². The predicted octanol–water partition coefficient (Wildman–Crippen LogP) is 3.10. The Hall–Kier alpha value is -1.07. The Morgan fingerprint density at radius 2 is 2.22 bits per heavy atom. The van der Waals surface area contributed by atoms with Crippen LogP contribution in [0.15, 0.2) is 22.7 Å². The van der Waals surface area contributed by atoms with E-state index in [4.69, 9.17) is 15.6 Å². The van der Waals surface area contributed by atoms with Gasteiger partial charge in [-0.25, -0.2) is 4.79 Å². The van der Waals surface area contributed by atoms with Crippen LogP contribution in [-0.4, -0.2) is 17.2 Å². The van der Waals surface area contributed by atoms with Crippen LogP contribution in [0.3, 0.4) is 0 Å². The average molecular weight is 316 g/mol. The Morgan fingerprint density at radius 1 is 1.56 bits per heavy atom. The van der Waals surface area contributed by atoms with E-state index in [-0.39, 0.29) is 6.04 Å². The van der Waals surface area contributed by atoms with Gasteiger partial charge in [0.2, 0.25) is 0 Å². The van der Waals surface area contributed by atoms with Gasteiger partial charge in [0.05, 0.1) is 0 Å². The van der Waals surface area contributed by atoms with Gasteiger partial charge in [-0.15, -0.1) is 0 Å². The van der Waals surface area contributed by atoms with E-state index in [1.807, 2.05) is 26.0 Å². The molecule has 0 radical (unpaired) electrons. The minimum atomic E-state index is -0.951. The van der Waals surface area contributed by atoms with Gasteiger partial charge in [-0.1, -0.05) is 35.3 Å². The Morgan fingerprint density at radius 3 is 2.72 bits per heavy atom. The first-order valence-corrected chi connectivity index (χ1v) is 6.69. The molecule has 0 saturated heterocycles. The minimum Gasteiger partial charge on any atom is -0.479 e. The second-order valence-electron chi connectivity index (χ2n) is 4.20. The van der Waals surface area contributed by atoms with Crippen molar-refractivity contribution >= 4 is 21.9 Å². The van der Waals surface area contributed by atoms with E-state index in [1.54, 1.807) is 6.07 Å². The molecule has 1 aromatic rings. The maximum absolute atomic E-state index is 11.1. The molecule has 0 bridgehead atoms. The number of hydrogen-bond acceptors (Lipinski definition) is 3.